The van der Waals surface area contributed by atoms with Crippen molar-refractivity contribution in [3.63, 3.8) is 0 Å². The standard InChI is InChI=1S/C15H22N2O4S/c1-11(2)14-7-6-12(9-16-14)15(18)17-22(19,20)10-13-5-3-4-8-21-13/h6-7,9,11,13H,3-5,8,10H2,1-2H3,(H,17,18)/t13-/m0/s1. The average molecular weight is 326 g/mol. The summed E-state index contributed by atoms with van der Waals surface area (Å²) >= 11 is 0. The number of hydrogen-bond acceptors (Lipinski definition) is 5. The van der Waals surface area contributed by atoms with Gasteiger partial charge in [-0.1, -0.05) is 13.8 Å². The van der Waals surface area contributed by atoms with Crippen molar-refractivity contribution in [2.75, 3.05) is 12.4 Å². The van der Waals surface area contributed by atoms with Gasteiger partial charge in [-0.25, -0.2) is 13.1 Å². The Morgan fingerprint density at radius 1 is 1.41 bits per heavy atom. The Hall–Kier alpha value is -1.47. The van der Waals surface area contributed by atoms with E-state index in [-0.39, 0.29) is 23.3 Å². The normalized spacial score (nSPS) is 19.1. The first-order valence-corrected chi connectivity index (χ1v) is 9.15. The Morgan fingerprint density at radius 2 is 2.18 bits per heavy atom. The minimum absolute atomic E-state index is 0.184. The number of sulfonamides is 1. The lowest BCUT2D eigenvalue weighted by molar-refractivity contribution is 0.0304. The van der Waals surface area contributed by atoms with Crippen LogP contribution in [0.4, 0.5) is 0 Å². The van der Waals surface area contributed by atoms with Crippen molar-refractivity contribution in [2.24, 2.45) is 0 Å². The predicted molar refractivity (Wildman–Crippen MR) is 83.2 cm³/mol. The number of ether oxygens (including phenoxy) is 1. The second-order valence-corrected chi connectivity index (χ2v) is 7.59. The van der Waals surface area contributed by atoms with Crippen LogP contribution in [0.15, 0.2) is 18.3 Å². The maximum absolute atomic E-state index is 12.0. The van der Waals surface area contributed by atoms with Gasteiger partial charge in [0.2, 0.25) is 10.0 Å². The van der Waals surface area contributed by atoms with Crippen LogP contribution in [0, 0.1) is 0 Å². The predicted octanol–water partition coefficient (Wildman–Crippen LogP) is 1.83. The minimum atomic E-state index is -3.71. The van der Waals surface area contributed by atoms with Crippen LogP contribution >= 0.6 is 0 Å². The fraction of sp³-hybridized carbons (Fsp3) is 0.600. The van der Waals surface area contributed by atoms with Gasteiger partial charge in [-0.2, -0.15) is 0 Å². The maximum atomic E-state index is 12.0. The molecule has 1 amide bonds. The molecular formula is C15H22N2O4S. The SMILES string of the molecule is CC(C)c1ccc(C(=O)NS(=O)(=O)C[C@@H]2CCCCO2)cn1. The van der Waals surface area contributed by atoms with Gasteiger partial charge in [-0.05, 0) is 37.3 Å². The Bertz CT molecular complexity index is 605. The van der Waals surface area contributed by atoms with E-state index in [4.69, 9.17) is 4.74 Å². The van der Waals surface area contributed by atoms with Crippen LogP contribution in [0.2, 0.25) is 0 Å². The number of aromatic nitrogens is 1. The Morgan fingerprint density at radius 3 is 2.73 bits per heavy atom. The molecule has 122 valence electrons. The maximum Gasteiger partial charge on any atom is 0.266 e. The quantitative estimate of drug-likeness (QED) is 0.892. The zero-order chi connectivity index (χ0) is 16.2. The summed E-state index contributed by atoms with van der Waals surface area (Å²) in [6.45, 7) is 4.57. The molecule has 2 heterocycles. The lowest BCUT2D eigenvalue weighted by Gasteiger charge is -2.22. The third-order valence-corrected chi connectivity index (χ3v) is 4.87. The van der Waals surface area contributed by atoms with Crippen LogP contribution in [0.3, 0.4) is 0 Å². The molecule has 0 aliphatic carbocycles. The van der Waals surface area contributed by atoms with Crippen LogP contribution in [0.25, 0.3) is 0 Å². The van der Waals surface area contributed by atoms with E-state index in [1.54, 1.807) is 12.1 Å². The number of carbonyl (C=O) groups is 1. The highest BCUT2D eigenvalue weighted by Gasteiger charge is 2.24. The highest BCUT2D eigenvalue weighted by atomic mass is 32.2. The summed E-state index contributed by atoms with van der Waals surface area (Å²) in [4.78, 5) is 16.2. The van der Waals surface area contributed by atoms with Crippen molar-refractivity contribution < 1.29 is 17.9 Å². The van der Waals surface area contributed by atoms with Crippen LogP contribution in [-0.2, 0) is 14.8 Å². The topological polar surface area (TPSA) is 85.4 Å². The van der Waals surface area contributed by atoms with Gasteiger partial charge in [0, 0.05) is 18.5 Å². The van der Waals surface area contributed by atoms with E-state index in [1.807, 2.05) is 13.8 Å². The monoisotopic (exact) mass is 326 g/mol. The molecule has 1 N–H and O–H groups in total. The number of carbonyl (C=O) groups excluding carboxylic acids is 1. The van der Waals surface area contributed by atoms with Gasteiger partial charge in [-0.3, -0.25) is 9.78 Å². The van der Waals surface area contributed by atoms with Gasteiger partial charge < -0.3 is 4.74 Å². The third-order valence-electron chi connectivity index (χ3n) is 3.57. The van der Waals surface area contributed by atoms with Gasteiger partial charge in [-0.15, -0.1) is 0 Å². The number of nitrogens with zero attached hydrogens (tertiary/aromatic N) is 1. The fourth-order valence-electron chi connectivity index (χ4n) is 2.31. The molecule has 1 aromatic rings. The summed E-state index contributed by atoms with van der Waals surface area (Å²) < 4.78 is 31.5. The summed E-state index contributed by atoms with van der Waals surface area (Å²) in [5.41, 5.74) is 1.09. The van der Waals surface area contributed by atoms with Crippen molar-refractivity contribution in [3.05, 3.63) is 29.6 Å². The largest absolute Gasteiger partial charge is 0.377 e. The Kier molecular flexibility index (Phi) is 5.52. The molecule has 7 heteroatoms. The number of amides is 1. The lowest BCUT2D eigenvalue weighted by atomic mass is 10.1. The third kappa shape index (κ3) is 4.78. The van der Waals surface area contributed by atoms with Gasteiger partial charge in [0.25, 0.3) is 5.91 Å². The second kappa shape index (κ2) is 7.19. The molecular weight excluding hydrogens is 304 g/mol. The van der Waals surface area contributed by atoms with E-state index in [0.717, 1.165) is 18.5 Å². The van der Waals surface area contributed by atoms with Gasteiger partial charge in [0.15, 0.2) is 0 Å². The molecule has 6 nitrogen and oxygen atoms in total. The summed E-state index contributed by atoms with van der Waals surface area (Å²) in [5.74, 6) is -0.584. The van der Waals surface area contributed by atoms with E-state index in [9.17, 15) is 13.2 Å². The summed E-state index contributed by atoms with van der Waals surface area (Å²) in [6.07, 6.45) is 3.68. The van der Waals surface area contributed by atoms with Crippen molar-refractivity contribution >= 4 is 15.9 Å². The van der Waals surface area contributed by atoms with Crippen molar-refractivity contribution in [3.8, 4) is 0 Å². The number of rotatable bonds is 5. The first-order valence-electron chi connectivity index (χ1n) is 7.50. The lowest BCUT2D eigenvalue weighted by Crippen LogP contribution is -2.38. The summed E-state index contributed by atoms with van der Waals surface area (Å²) in [5, 5.41) is 0. The fourth-order valence-corrected chi connectivity index (χ4v) is 3.54. The highest BCUT2D eigenvalue weighted by molar-refractivity contribution is 7.90. The zero-order valence-electron chi connectivity index (χ0n) is 12.9. The first kappa shape index (κ1) is 16.9. The number of nitrogens with one attached hydrogen (secondary N) is 1. The Labute approximate surface area is 131 Å². The van der Waals surface area contributed by atoms with Crippen molar-refractivity contribution in [1.82, 2.24) is 9.71 Å². The summed E-state index contributed by atoms with van der Waals surface area (Å²) in [7, 11) is -3.71. The molecule has 0 radical (unpaired) electrons. The molecule has 1 aromatic heterocycles. The molecule has 1 saturated heterocycles. The Balaban J connectivity index is 1.97. The van der Waals surface area contributed by atoms with Gasteiger partial charge in [0.05, 0.1) is 17.4 Å². The van der Waals surface area contributed by atoms with E-state index >= 15 is 0 Å². The van der Waals surface area contributed by atoms with Crippen LogP contribution in [-0.4, -0.2) is 37.8 Å². The zero-order valence-corrected chi connectivity index (χ0v) is 13.7. The van der Waals surface area contributed by atoms with E-state index in [2.05, 4.69) is 9.71 Å². The highest BCUT2D eigenvalue weighted by Crippen LogP contribution is 2.15. The van der Waals surface area contributed by atoms with Gasteiger partial charge in [0.1, 0.15) is 0 Å². The molecule has 1 aliphatic heterocycles. The summed E-state index contributed by atoms with van der Waals surface area (Å²) in [6, 6.07) is 3.32. The molecule has 22 heavy (non-hydrogen) atoms. The van der Waals surface area contributed by atoms with Crippen LogP contribution in [0.1, 0.15) is 55.1 Å². The molecule has 1 aliphatic rings. The number of hydrogen-bond donors (Lipinski definition) is 1. The molecule has 0 unspecified atom stereocenters. The molecule has 1 fully saturated rings. The molecule has 1 atom stereocenters. The van der Waals surface area contributed by atoms with E-state index in [0.29, 0.717) is 13.0 Å². The average Bonchev–Trinajstić information content (AvgIpc) is 2.47. The smallest absolute Gasteiger partial charge is 0.266 e. The van der Waals surface area contributed by atoms with Crippen LogP contribution in [0.5, 0.6) is 0 Å². The van der Waals surface area contributed by atoms with Crippen LogP contribution < -0.4 is 4.72 Å². The van der Waals surface area contributed by atoms with Crippen molar-refractivity contribution in [1.29, 1.82) is 0 Å². The second-order valence-electron chi connectivity index (χ2n) is 5.83. The van der Waals surface area contributed by atoms with E-state index in [1.165, 1.54) is 6.20 Å². The first-order chi connectivity index (χ1) is 10.4. The van der Waals surface area contributed by atoms with E-state index < -0.39 is 15.9 Å². The molecule has 0 bridgehead atoms. The van der Waals surface area contributed by atoms with Gasteiger partial charge >= 0.3 is 0 Å². The molecule has 2 rings (SSSR count). The number of pyridine rings is 1. The van der Waals surface area contributed by atoms with Crippen molar-refractivity contribution in [2.45, 2.75) is 45.1 Å². The molecule has 0 spiro atoms. The molecule has 0 saturated carbocycles. The minimum Gasteiger partial charge on any atom is -0.377 e. The molecule has 0 aromatic carbocycles.